The zero-order chi connectivity index (χ0) is 11.4. The van der Waals surface area contributed by atoms with E-state index < -0.39 is 0 Å². The summed E-state index contributed by atoms with van der Waals surface area (Å²) in [5.41, 5.74) is 0. The van der Waals surface area contributed by atoms with Crippen molar-refractivity contribution in [2.24, 2.45) is 0 Å². The third-order valence-corrected chi connectivity index (χ3v) is 5.17. The van der Waals surface area contributed by atoms with Gasteiger partial charge in [0.2, 0.25) is 0 Å². The lowest BCUT2D eigenvalue weighted by Gasteiger charge is -2.12. The van der Waals surface area contributed by atoms with Crippen molar-refractivity contribution < 1.29 is 9.90 Å². The fourth-order valence-electron chi connectivity index (χ4n) is 0.992. The van der Waals surface area contributed by atoms with Crippen LogP contribution in [0.25, 0.3) is 0 Å². The number of rotatable bonds is 4. The normalized spacial score (nSPS) is 12.5. The molecule has 0 unspecified atom stereocenters. The summed E-state index contributed by atoms with van der Waals surface area (Å²) in [7, 11) is 0. The van der Waals surface area contributed by atoms with Gasteiger partial charge in [-0.05, 0) is 44.3 Å². The molecule has 0 spiro atoms. The molecule has 1 amide bonds. The predicted molar refractivity (Wildman–Crippen MR) is 68.4 cm³/mol. The number of hydrogen-bond acceptors (Lipinski definition) is 3. The minimum atomic E-state index is -0.169. The Labute approximate surface area is 109 Å². The summed E-state index contributed by atoms with van der Waals surface area (Å²) in [5.74, 6) is -0.146. The van der Waals surface area contributed by atoms with E-state index in [0.29, 0.717) is 4.88 Å². The summed E-state index contributed by atoms with van der Waals surface area (Å²) in [4.78, 5) is 12.3. The average Bonchev–Trinajstić information content (AvgIpc) is 2.55. The van der Waals surface area contributed by atoms with E-state index in [4.69, 9.17) is 5.11 Å². The Morgan fingerprint density at radius 1 is 1.67 bits per heavy atom. The summed E-state index contributed by atoms with van der Waals surface area (Å²) in [5, 5.41) is 11.7. The van der Waals surface area contributed by atoms with Crippen molar-refractivity contribution in [2.45, 2.75) is 19.4 Å². The molecule has 1 aromatic rings. The molecule has 0 aliphatic rings. The van der Waals surface area contributed by atoms with E-state index in [0.717, 1.165) is 14.7 Å². The van der Waals surface area contributed by atoms with Gasteiger partial charge in [-0.25, -0.2) is 0 Å². The van der Waals surface area contributed by atoms with Crippen molar-refractivity contribution in [1.82, 2.24) is 5.32 Å². The Bertz CT molecular complexity index is 330. The van der Waals surface area contributed by atoms with Crippen LogP contribution in [0.2, 0.25) is 0 Å². The highest BCUT2D eigenvalue weighted by molar-refractivity contribution is 9.13. The predicted octanol–water partition coefficient (Wildman–Crippen LogP) is 2.77. The topological polar surface area (TPSA) is 49.3 Å². The standard InChI is InChI=1S/C9H11Br2NO2S/c1-2-5(4-13)12-9(14)7-3-6(10)8(11)15-7/h3,5,13H,2,4H2,1H3,(H,12,14)/t5-/m1/s1. The van der Waals surface area contributed by atoms with E-state index >= 15 is 0 Å². The smallest absolute Gasteiger partial charge is 0.261 e. The Morgan fingerprint density at radius 3 is 2.73 bits per heavy atom. The molecule has 1 heterocycles. The van der Waals surface area contributed by atoms with Crippen LogP contribution in [0.4, 0.5) is 0 Å². The van der Waals surface area contributed by atoms with Gasteiger partial charge in [0.15, 0.2) is 0 Å². The van der Waals surface area contributed by atoms with E-state index in [2.05, 4.69) is 37.2 Å². The number of thiophene rings is 1. The second-order valence-corrected chi connectivity index (χ2v) is 6.22. The van der Waals surface area contributed by atoms with Gasteiger partial charge in [0, 0.05) is 4.47 Å². The van der Waals surface area contributed by atoms with Crippen molar-refractivity contribution in [1.29, 1.82) is 0 Å². The summed E-state index contributed by atoms with van der Waals surface area (Å²) in [6.45, 7) is 1.89. The number of nitrogens with one attached hydrogen (secondary N) is 1. The van der Waals surface area contributed by atoms with Gasteiger partial charge in [-0.1, -0.05) is 6.92 Å². The highest BCUT2D eigenvalue weighted by Crippen LogP contribution is 2.32. The molecule has 15 heavy (non-hydrogen) atoms. The summed E-state index contributed by atoms with van der Waals surface area (Å²) in [6, 6.07) is 1.59. The number of carbonyl (C=O) groups excluding carboxylic acids is 1. The average molecular weight is 357 g/mol. The Kier molecular flexibility index (Phi) is 5.25. The lowest BCUT2D eigenvalue weighted by Crippen LogP contribution is -2.36. The zero-order valence-corrected chi connectivity index (χ0v) is 12.1. The number of aliphatic hydroxyl groups is 1. The molecule has 0 aromatic carbocycles. The van der Waals surface area contributed by atoms with E-state index in [1.807, 2.05) is 6.92 Å². The van der Waals surface area contributed by atoms with Gasteiger partial charge in [-0.3, -0.25) is 4.79 Å². The Balaban J connectivity index is 2.68. The molecule has 1 aromatic heterocycles. The van der Waals surface area contributed by atoms with Crippen LogP contribution in [0.3, 0.4) is 0 Å². The minimum Gasteiger partial charge on any atom is -0.394 e. The first-order valence-electron chi connectivity index (χ1n) is 4.45. The number of aliphatic hydroxyl groups excluding tert-OH is 1. The first-order valence-corrected chi connectivity index (χ1v) is 6.85. The van der Waals surface area contributed by atoms with E-state index in [1.165, 1.54) is 11.3 Å². The van der Waals surface area contributed by atoms with Crippen LogP contribution in [0.5, 0.6) is 0 Å². The van der Waals surface area contributed by atoms with Crippen molar-refractivity contribution >= 4 is 49.1 Å². The molecule has 0 bridgehead atoms. The van der Waals surface area contributed by atoms with Crippen LogP contribution in [0, 0.1) is 0 Å². The summed E-state index contributed by atoms with van der Waals surface area (Å²) >= 11 is 8.01. The molecular formula is C9H11Br2NO2S. The second-order valence-electron chi connectivity index (χ2n) is 2.99. The summed E-state index contributed by atoms with van der Waals surface area (Å²) in [6.07, 6.45) is 0.718. The molecule has 84 valence electrons. The largest absolute Gasteiger partial charge is 0.394 e. The fourth-order valence-corrected chi connectivity index (χ4v) is 2.93. The number of amides is 1. The molecular weight excluding hydrogens is 346 g/mol. The van der Waals surface area contributed by atoms with Gasteiger partial charge in [-0.2, -0.15) is 0 Å². The quantitative estimate of drug-likeness (QED) is 0.871. The number of hydrogen-bond donors (Lipinski definition) is 2. The first kappa shape index (κ1) is 13.2. The molecule has 0 fully saturated rings. The van der Waals surface area contributed by atoms with Gasteiger partial charge in [-0.15, -0.1) is 11.3 Å². The van der Waals surface area contributed by atoms with Gasteiger partial charge >= 0.3 is 0 Å². The Hall–Kier alpha value is 0.0900. The van der Waals surface area contributed by atoms with Gasteiger partial charge < -0.3 is 10.4 Å². The lowest BCUT2D eigenvalue weighted by atomic mass is 10.2. The van der Waals surface area contributed by atoms with Crippen LogP contribution in [-0.4, -0.2) is 23.7 Å². The van der Waals surface area contributed by atoms with Crippen molar-refractivity contribution in [2.75, 3.05) is 6.61 Å². The Morgan fingerprint density at radius 2 is 2.33 bits per heavy atom. The maximum Gasteiger partial charge on any atom is 0.261 e. The molecule has 0 aliphatic heterocycles. The van der Waals surface area contributed by atoms with Crippen molar-refractivity contribution in [3.63, 3.8) is 0 Å². The first-order chi connectivity index (χ1) is 7.08. The zero-order valence-electron chi connectivity index (χ0n) is 8.09. The monoisotopic (exact) mass is 355 g/mol. The van der Waals surface area contributed by atoms with Gasteiger partial charge in [0.25, 0.3) is 5.91 Å². The molecule has 2 N–H and O–H groups in total. The highest BCUT2D eigenvalue weighted by atomic mass is 79.9. The maximum absolute atomic E-state index is 11.7. The highest BCUT2D eigenvalue weighted by Gasteiger charge is 2.14. The molecule has 0 saturated carbocycles. The van der Waals surface area contributed by atoms with Crippen molar-refractivity contribution in [3.8, 4) is 0 Å². The molecule has 1 rings (SSSR count). The van der Waals surface area contributed by atoms with Crippen LogP contribution in [0.15, 0.2) is 14.3 Å². The van der Waals surface area contributed by atoms with Crippen molar-refractivity contribution in [3.05, 3.63) is 19.2 Å². The molecule has 3 nitrogen and oxygen atoms in total. The van der Waals surface area contributed by atoms with Gasteiger partial charge in [0.05, 0.1) is 21.3 Å². The maximum atomic E-state index is 11.7. The summed E-state index contributed by atoms with van der Waals surface area (Å²) < 4.78 is 1.76. The van der Waals surface area contributed by atoms with Crippen LogP contribution >= 0.6 is 43.2 Å². The molecule has 0 radical (unpaired) electrons. The van der Waals surface area contributed by atoms with Crippen LogP contribution in [0.1, 0.15) is 23.0 Å². The third kappa shape index (κ3) is 3.55. The van der Waals surface area contributed by atoms with E-state index in [9.17, 15) is 4.79 Å². The molecule has 1 atom stereocenters. The van der Waals surface area contributed by atoms with Gasteiger partial charge in [0.1, 0.15) is 0 Å². The molecule has 0 saturated heterocycles. The van der Waals surface area contributed by atoms with Crippen LogP contribution < -0.4 is 5.32 Å². The molecule has 0 aliphatic carbocycles. The van der Waals surface area contributed by atoms with E-state index in [-0.39, 0.29) is 18.6 Å². The second kappa shape index (κ2) is 5.98. The lowest BCUT2D eigenvalue weighted by molar-refractivity contribution is 0.0919. The fraction of sp³-hybridized carbons (Fsp3) is 0.444. The molecule has 6 heteroatoms. The minimum absolute atomic E-state index is 0.0318. The van der Waals surface area contributed by atoms with Crippen LogP contribution in [-0.2, 0) is 0 Å². The SMILES string of the molecule is CC[C@H](CO)NC(=O)c1cc(Br)c(Br)s1. The van der Waals surface area contributed by atoms with E-state index in [1.54, 1.807) is 6.07 Å². The number of carbonyl (C=O) groups is 1. The number of halogens is 2. The third-order valence-electron chi connectivity index (χ3n) is 1.92.